The van der Waals surface area contributed by atoms with Crippen LogP contribution >= 0.6 is 25.3 Å². The Kier molecular flexibility index (Phi) is 16.9. The summed E-state index contributed by atoms with van der Waals surface area (Å²) in [5.74, 6) is 9.24. The summed E-state index contributed by atoms with van der Waals surface area (Å²) in [6, 6.07) is 0. The number of hydrogen-bond donors (Lipinski definition) is 5. The molecular weight excluding hydrogens is 199 g/mol. The average Bonchev–Trinajstić information content (AvgIpc) is 1.63. The number of amides is 2. The first-order valence-electron chi connectivity index (χ1n) is 1.88. The summed E-state index contributed by atoms with van der Waals surface area (Å²) in [6.45, 7) is 0. The second-order valence-electron chi connectivity index (χ2n) is 1.03. The molecule has 6 N–H and O–H groups in total. The molecule has 11 heavy (non-hydrogen) atoms. The number of hydrazine groups is 2. The minimum Gasteiger partial charge on any atom is -1.00 e. The number of nitrogens with zero attached hydrogens (tertiary/aromatic N) is 1. The van der Waals surface area contributed by atoms with Crippen molar-refractivity contribution in [1.29, 1.82) is 0 Å². The third-order valence-corrected chi connectivity index (χ3v) is 0.452. The zero-order chi connectivity index (χ0) is 8.73. The predicted molar refractivity (Wildman–Crippen MR) is 44.3 cm³/mol. The van der Waals surface area contributed by atoms with Gasteiger partial charge in [0.1, 0.15) is 0 Å². The van der Waals surface area contributed by atoms with Crippen LogP contribution < -0.4 is 47.0 Å². The Balaban J connectivity index is -0.0000000483. The van der Waals surface area contributed by atoms with Crippen LogP contribution in [0.15, 0.2) is 0 Å². The van der Waals surface area contributed by atoms with Crippen molar-refractivity contribution in [3.63, 3.8) is 0 Å². The van der Waals surface area contributed by atoms with E-state index in [1.54, 1.807) is 0 Å². The van der Waals surface area contributed by atoms with Gasteiger partial charge >= 0.3 is 34.8 Å². The van der Waals surface area contributed by atoms with E-state index in [-0.39, 0.29) is 31.0 Å². The van der Waals surface area contributed by atoms with Crippen LogP contribution in [0.3, 0.4) is 0 Å². The molecule has 9 heteroatoms. The summed E-state index contributed by atoms with van der Waals surface area (Å²) in [5.41, 5.74) is 4.34. The fourth-order valence-electron chi connectivity index (χ4n) is 0. The molecule has 62 valence electrons. The maximum Gasteiger partial charge on any atom is 1.00 e. The number of carbonyl (C=O) groups excluding carboxylic acids is 2. The first kappa shape index (κ1) is 17.6. The molecule has 0 heterocycles. The summed E-state index contributed by atoms with van der Waals surface area (Å²) in [7, 11) is 0. The van der Waals surface area contributed by atoms with Gasteiger partial charge in [0.05, 0.1) is 0 Å². The van der Waals surface area contributed by atoms with E-state index in [1.807, 2.05) is 0 Å². The molecular formula is C2H9N4NaO2S2. The van der Waals surface area contributed by atoms with Gasteiger partial charge < -0.3 is 7.16 Å². The molecule has 0 aliphatic carbocycles. The first-order valence-corrected chi connectivity index (χ1v) is 2.78. The molecule has 0 aliphatic heterocycles. The second-order valence-corrected chi connectivity index (χ2v) is 1.85. The molecule has 6 nitrogen and oxygen atoms in total. The van der Waals surface area contributed by atoms with Crippen molar-refractivity contribution in [2.75, 3.05) is 0 Å². The van der Waals surface area contributed by atoms with Crippen molar-refractivity contribution < 1.29 is 40.6 Å². The summed E-state index contributed by atoms with van der Waals surface area (Å²) < 4.78 is 0. The van der Waals surface area contributed by atoms with Crippen LogP contribution in [0.5, 0.6) is 0 Å². The number of hydrogen-bond acceptors (Lipinski definition) is 4. The van der Waals surface area contributed by atoms with Gasteiger partial charge in [-0.05, 0) is 0 Å². The van der Waals surface area contributed by atoms with E-state index in [2.05, 4.69) is 42.7 Å². The van der Waals surface area contributed by atoms with Crippen LogP contribution in [0, 0.1) is 0 Å². The monoisotopic (exact) mass is 208 g/mol. The van der Waals surface area contributed by atoms with Crippen LogP contribution in [-0.4, -0.2) is 15.6 Å². The Labute approximate surface area is 98.4 Å². The third kappa shape index (κ3) is 37.2. The quantitative estimate of drug-likeness (QED) is 0.0922. The van der Waals surface area contributed by atoms with Gasteiger partial charge in [-0.1, -0.05) is 25.3 Å². The van der Waals surface area contributed by atoms with Gasteiger partial charge in [-0.15, -0.1) is 0 Å². The van der Waals surface area contributed by atoms with Crippen LogP contribution in [0.25, 0.3) is 0 Å². The van der Waals surface area contributed by atoms with Gasteiger partial charge in [-0.3, -0.25) is 9.59 Å². The van der Waals surface area contributed by atoms with Gasteiger partial charge in [-0.2, -0.15) is 0 Å². The normalized spacial score (nSPS) is 6.55. The van der Waals surface area contributed by atoms with Crippen molar-refractivity contribution in [2.45, 2.75) is 0 Å². The zero-order valence-corrected chi connectivity index (χ0v) is 9.68. The largest absolute Gasteiger partial charge is 1.00 e. The standard InChI is InChI=1S/CH5N3OS.CH3NOS.Na.H/c2-4(3)1(5)6;2-1(3)4;;/h2-3H2,(H,5,6);(H3,2,3,4);;/q;;+1;-1. The number of rotatable bonds is 0. The fourth-order valence-corrected chi connectivity index (χ4v) is 0. The first-order chi connectivity index (χ1) is 4.37. The van der Waals surface area contributed by atoms with Crippen molar-refractivity contribution >= 4 is 35.7 Å². The van der Waals surface area contributed by atoms with Crippen molar-refractivity contribution in [1.82, 2.24) is 5.12 Å². The van der Waals surface area contributed by atoms with Crippen LogP contribution in [0.2, 0.25) is 0 Å². The third-order valence-electron chi connectivity index (χ3n) is 0.221. The van der Waals surface area contributed by atoms with Gasteiger partial charge in [0.15, 0.2) is 0 Å². The van der Waals surface area contributed by atoms with Crippen LogP contribution in [-0.2, 0) is 0 Å². The summed E-state index contributed by atoms with van der Waals surface area (Å²) in [5, 5.41) is -0.904. The van der Waals surface area contributed by atoms with Gasteiger partial charge in [-0.25, -0.2) is 16.8 Å². The molecule has 0 unspecified atom stereocenters. The van der Waals surface area contributed by atoms with E-state index < -0.39 is 10.5 Å². The van der Waals surface area contributed by atoms with Crippen molar-refractivity contribution in [3.8, 4) is 0 Å². The maximum atomic E-state index is 9.68. The molecule has 0 aromatic carbocycles. The Morgan fingerprint density at radius 3 is 1.36 bits per heavy atom. The summed E-state index contributed by atoms with van der Waals surface area (Å²) in [4.78, 5) is 18.8. The molecule has 0 rings (SSSR count). The van der Waals surface area contributed by atoms with Crippen LogP contribution in [0.4, 0.5) is 9.59 Å². The van der Waals surface area contributed by atoms with Crippen LogP contribution in [0.1, 0.15) is 1.43 Å². The minimum absolute atomic E-state index is 0. The molecule has 0 spiro atoms. The van der Waals surface area contributed by atoms with E-state index in [0.29, 0.717) is 5.12 Å². The molecule has 0 fully saturated rings. The Morgan fingerprint density at radius 1 is 1.27 bits per heavy atom. The summed E-state index contributed by atoms with van der Waals surface area (Å²) in [6.07, 6.45) is 0. The smallest absolute Gasteiger partial charge is 1.00 e. The number of nitrogens with two attached hydrogens (primary N) is 3. The van der Waals surface area contributed by atoms with Gasteiger partial charge in [0, 0.05) is 0 Å². The average molecular weight is 208 g/mol. The molecule has 0 bridgehead atoms. The Morgan fingerprint density at radius 2 is 1.36 bits per heavy atom. The fraction of sp³-hybridized carbons (Fsp3) is 0. The van der Waals surface area contributed by atoms with E-state index in [4.69, 9.17) is 4.79 Å². The molecule has 0 aliphatic rings. The van der Waals surface area contributed by atoms with E-state index >= 15 is 0 Å². The zero-order valence-electron chi connectivity index (χ0n) is 6.89. The Hall–Kier alpha value is 0.560. The van der Waals surface area contributed by atoms with Crippen molar-refractivity contribution in [2.24, 2.45) is 17.4 Å². The Bertz CT molecular complexity index is 132. The SMILES string of the molecule is NC(=O)S.NN(N)C(=O)S.[H-].[Na+]. The van der Waals surface area contributed by atoms with Gasteiger partial charge in [0.2, 0.25) is 0 Å². The number of carbonyl (C=O) groups is 2. The number of thiol groups is 2. The number of primary amides is 1. The van der Waals surface area contributed by atoms with Gasteiger partial charge in [0.25, 0.3) is 5.24 Å². The molecule has 0 aromatic heterocycles. The minimum atomic E-state index is -0.657. The van der Waals surface area contributed by atoms with Crippen molar-refractivity contribution in [3.05, 3.63) is 0 Å². The molecule has 0 saturated heterocycles. The molecule has 0 atom stereocenters. The van der Waals surface area contributed by atoms with E-state index in [0.717, 1.165) is 0 Å². The topological polar surface area (TPSA) is 115 Å². The second kappa shape index (κ2) is 10.6. The molecule has 0 aromatic rings. The maximum absolute atomic E-state index is 9.68. The molecule has 0 radical (unpaired) electrons. The summed E-state index contributed by atoms with van der Waals surface area (Å²) >= 11 is 6.33. The predicted octanol–water partition coefficient (Wildman–Crippen LogP) is -3.80. The van der Waals surface area contributed by atoms with E-state index in [1.165, 1.54) is 0 Å². The molecule has 0 saturated carbocycles. The van der Waals surface area contributed by atoms with E-state index in [9.17, 15) is 4.79 Å². The molecule has 2 amide bonds.